The van der Waals surface area contributed by atoms with E-state index in [-0.39, 0.29) is 0 Å². The van der Waals surface area contributed by atoms with Gasteiger partial charge >= 0.3 is 8.25 Å². The summed E-state index contributed by atoms with van der Waals surface area (Å²) < 4.78 is 22.2. The van der Waals surface area contributed by atoms with Gasteiger partial charge in [0.05, 0.1) is 0 Å². The van der Waals surface area contributed by atoms with Gasteiger partial charge in [0.1, 0.15) is 10.8 Å². The van der Waals surface area contributed by atoms with E-state index in [9.17, 15) is 4.57 Å². The van der Waals surface area contributed by atoms with E-state index in [1.807, 2.05) is 37.6 Å². The van der Waals surface area contributed by atoms with Crippen molar-refractivity contribution in [2.45, 2.75) is 26.2 Å². The molecule has 0 radical (unpaired) electrons. The molecule has 0 saturated heterocycles. The monoisotopic (exact) mass is 301 g/mol. The minimum Gasteiger partial charge on any atom is -0.232 e. The lowest BCUT2D eigenvalue weighted by Crippen LogP contribution is -2.27. The van der Waals surface area contributed by atoms with Crippen molar-refractivity contribution in [3.63, 3.8) is 0 Å². The van der Waals surface area contributed by atoms with Gasteiger partial charge in [-0.05, 0) is 0 Å². The molecular formula is C12H22O3PSi2+. The van der Waals surface area contributed by atoms with Crippen molar-refractivity contribution >= 4 is 24.4 Å². The summed E-state index contributed by atoms with van der Waals surface area (Å²) in [4.78, 5) is 0. The molecule has 0 aliphatic heterocycles. The Hall–Kier alpha value is -0.906. The molecule has 0 amide bonds. The van der Waals surface area contributed by atoms with E-state index in [1.165, 1.54) is 0 Å². The predicted octanol–water partition coefficient (Wildman–Crippen LogP) is 4.65. The Balaban J connectivity index is 4.56. The summed E-state index contributed by atoms with van der Waals surface area (Å²) in [6.45, 7) is 23.1. The van der Waals surface area contributed by atoms with E-state index in [4.69, 9.17) is 9.05 Å². The van der Waals surface area contributed by atoms with Crippen LogP contribution in [0, 0.1) is 0 Å². The third kappa shape index (κ3) is 4.76. The molecule has 0 aromatic carbocycles. The highest BCUT2D eigenvalue weighted by molar-refractivity contribution is 7.34. The zero-order valence-electron chi connectivity index (χ0n) is 11.7. The Kier molecular flexibility index (Phi) is 6.00. The van der Waals surface area contributed by atoms with Crippen molar-refractivity contribution in [1.82, 2.24) is 0 Å². The Morgan fingerprint density at radius 1 is 0.944 bits per heavy atom. The zero-order chi connectivity index (χ0) is 14.6. The van der Waals surface area contributed by atoms with Crippen LogP contribution in [0.4, 0.5) is 0 Å². The molecule has 3 nitrogen and oxygen atoms in total. The predicted molar refractivity (Wildman–Crippen MR) is 83.4 cm³/mol. The minimum atomic E-state index is -2.27. The van der Waals surface area contributed by atoms with Gasteiger partial charge in [-0.25, -0.2) is 9.05 Å². The second-order valence-electron chi connectivity index (χ2n) is 5.10. The van der Waals surface area contributed by atoms with E-state index < -0.39 is 24.4 Å². The van der Waals surface area contributed by atoms with E-state index in [0.29, 0.717) is 10.8 Å². The van der Waals surface area contributed by atoms with Crippen LogP contribution in [-0.4, -0.2) is 16.1 Å². The molecule has 18 heavy (non-hydrogen) atoms. The Morgan fingerprint density at radius 2 is 1.22 bits per heavy atom. The van der Waals surface area contributed by atoms with Gasteiger partial charge in [0.2, 0.25) is 0 Å². The van der Waals surface area contributed by atoms with Crippen molar-refractivity contribution in [2.75, 3.05) is 0 Å². The van der Waals surface area contributed by atoms with Crippen LogP contribution in [-0.2, 0) is 13.6 Å². The fourth-order valence-electron chi connectivity index (χ4n) is 0.662. The molecule has 0 rings (SSSR count). The third-order valence-electron chi connectivity index (χ3n) is 2.83. The molecule has 0 heterocycles. The van der Waals surface area contributed by atoms with E-state index >= 15 is 0 Å². The smallest absolute Gasteiger partial charge is 0.232 e. The van der Waals surface area contributed by atoms with Crippen LogP contribution in [0.1, 0.15) is 0 Å². The summed E-state index contributed by atoms with van der Waals surface area (Å²) in [6.07, 6.45) is 0. The first kappa shape index (κ1) is 17.1. The summed E-state index contributed by atoms with van der Waals surface area (Å²) in [6, 6.07) is 0. The molecule has 0 aromatic heterocycles. The summed E-state index contributed by atoms with van der Waals surface area (Å²) in [7, 11) is -6.08. The molecule has 0 unspecified atom stereocenters. The van der Waals surface area contributed by atoms with Gasteiger partial charge in [-0.3, -0.25) is 0 Å². The average Bonchev–Trinajstić information content (AvgIpc) is 2.28. The molecule has 100 valence electrons. The highest BCUT2D eigenvalue weighted by Gasteiger charge is 2.36. The van der Waals surface area contributed by atoms with Crippen LogP contribution in [0.5, 0.6) is 0 Å². The highest BCUT2D eigenvalue weighted by Crippen LogP contribution is 2.35. The first-order valence-corrected chi connectivity index (χ1v) is 12.8. The minimum absolute atomic E-state index is 0.490. The molecule has 6 heteroatoms. The molecule has 0 saturated carbocycles. The Labute approximate surface area is 113 Å². The van der Waals surface area contributed by atoms with Crippen LogP contribution >= 0.6 is 8.25 Å². The molecule has 0 aliphatic carbocycles. The second kappa shape index (κ2) is 6.32. The van der Waals surface area contributed by atoms with Crippen LogP contribution in [0.3, 0.4) is 0 Å². The summed E-state index contributed by atoms with van der Waals surface area (Å²) in [5, 5.41) is 0.981. The van der Waals surface area contributed by atoms with E-state index in [2.05, 4.69) is 26.3 Å². The fourth-order valence-corrected chi connectivity index (χ4v) is 3.84. The third-order valence-corrected chi connectivity index (χ3v) is 9.03. The molecule has 0 aromatic rings. The Morgan fingerprint density at radius 3 is 1.44 bits per heavy atom. The van der Waals surface area contributed by atoms with Gasteiger partial charge in [-0.15, -0.1) is 13.2 Å². The summed E-state index contributed by atoms with van der Waals surface area (Å²) in [5.74, 6) is 0. The molecule has 0 aliphatic rings. The lowest BCUT2D eigenvalue weighted by molar-refractivity contribution is 0.339. The fraction of sp³-hybridized carbons (Fsp3) is 0.333. The maximum absolute atomic E-state index is 11.7. The van der Waals surface area contributed by atoms with Crippen LogP contribution in [0.15, 0.2) is 48.5 Å². The van der Waals surface area contributed by atoms with Crippen LogP contribution in [0.2, 0.25) is 26.2 Å². The lowest BCUT2D eigenvalue weighted by Gasteiger charge is -2.16. The lowest BCUT2D eigenvalue weighted by atomic mass is 11.1. The largest absolute Gasteiger partial charge is 0.803 e. The maximum atomic E-state index is 11.7. The first-order chi connectivity index (χ1) is 8.06. The van der Waals surface area contributed by atoms with Crippen molar-refractivity contribution in [3.05, 3.63) is 48.5 Å². The molecule has 0 spiro atoms. The van der Waals surface area contributed by atoms with Crippen molar-refractivity contribution in [1.29, 1.82) is 0 Å². The zero-order valence-corrected chi connectivity index (χ0v) is 14.5. The molecule has 0 fully saturated rings. The molecule has 0 N–H and O–H groups in total. The highest BCUT2D eigenvalue weighted by atomic mass is 31.1. The van der Waals surface area contributed by atoms with Gasteiger partial charge in [0, 0.05) is 4.57 Å². The van der Waals surface area contributed by atoms with Crippen LogP contribution in [0.25, 0.3) is 0 Å². The first-order valence-electron chi connectivity index (χ1n) is 5.56. The standard InChI is InChI=1S/C12H22O3PSi2/c1-9-17(5,6)11(3)14-16(13)15-12(4)18(7,8)10-2/h9-10H,1-4H2,5-8H3/q+1. The Bertz CT molecular complexity index is 364. The SMILES string of the molecule is C=C[Si](C)(C)C(=C)O[P+](=O)OC(=C)[Si](C)(C)C=C. The normalized spacial score (nSPS) is 11.3. The van der Waals surface area contributed by atoms with Gasteiger partial charge in [0.15, 0.2) is 16.1 Å². The van der Waals surface area contributed by atoms with Crippen molar-refractivity contribution in [2.24, 2.45) is 0 Å². The van der Waals surface area contributed by atoms with E-state index in [0.717, 1.165) is 0 Å². The van der Waals surface area contributed by atoms with Crippen molar-refractivity contribution < 1.29 is 13.6 Å². The molecule has 0 atom stereocenters. The number of hydrogen-bond acceptors (Lipinski definition) is 3. The quantitative estimate of drug-likeness (QED) is 0.372. The van der Waals surface area contributed by atoms with Gasteiger partial charge < -0.3 is 0 Å². The number of rotatable bonds is 8. The van der Waals surface area contributed by atoms with Gasteiger partial charge in [-0.2, -0.15) is 0 Å². The summed E-state index contributed by atoms with van der Waals surface area (Å²) >= 11 is 0. The number of hydrogen-bond donors (Lipinski definition) is 0. The van der Waals surface area contributed by atoms with Crippen molar-refractivity contribution in [3.8, 4) is 0 Å². The average molecular weight is 301 g/mol. The topological polar surface area (TPSA) is 35.5 Å². The van der Waals surface area contributed by atoms with Gasteiger partial charge in [-0.1, -0.05) is 50.7 Å². The molecular weight excluding hydrogens is 279 g/mol. The summed E-state index contributed by atoms with van der Waals surface area (Å²) in [5.41, 5.74) is 3.63. The second-order valence-corrected chi connectivity index (χ2v) is 14.7. The van der Waals surface area contributed by atoms with E-state index in [1.54, 1.807) is 0 Å². The van der Waals surface area contributed by atoms with Crippen LogP contribution < -0.4 is 0 Å². The maximum Gasteiger partial charge on any atom is 0.803 e. The van der Waals surface area contributed by atoms with Gasteiger partial charge in [0.25, 0.3) is 0 Å². The molecule has 0 bridgehead atoms.